The van der Waals surface area contributed by atoms with E-state index in [2.05, 4.69) is 152 Å². The molecule has 1 heteroatoms. The Balaban J connectivity index is 1.22. The molecule has 0 spiro atoms. The van der Waals surface area contributed by atoms with Crippen LogP contribution in [0.4, 0.5) is 0 Å². The molecule has 0 saturated heterocycles. The Hall–Kier alpha value is -5.79. The second-order valence-electron chi connectivity index (χ2n) is 13.1. The number of hydrogen-bond donors (Lipinski definition) is 0. The maximum Gasteiger partial charge on any atom is 0.164 e. The van der Waals surface area contributed by atoms with Crippen molar-refractivity contribution in [3.8, 4) is 33.4 Å². The van der Waals surface area contributed by atoms with Gasteiger partial charge in [-0.15, -0.1) is 0 Å². The van der Waals surface area contributed by atoms with E-state index >= 15 is 0 Å². The maximum atomic E-state index is 14.3. The lowest BCUT2D eigenvalue weighted by Gasteiger charge is -2.21. The van der Waals surface area contributed by atoms with Crippen molar-refractivity contribution >= 4 is 38.1 Å². The van der Waals surface area contributed by atoms with Gasteiger partial charge in [-0.2, -0.15) is 0 Å². The van der Waals surface area contributed by atoms with E-state index in [1.54, 1.807) is 0 Å². The summed E-state index contributed by atoms with van der Waals surface area (Å²) in [5, 5.41) is 7.55. The van der Waals surface area contributed by atoms with Crippen molar-refractivity contribution in [2.75, 3.05) is 0 Å². The van der Waals surface area contributed by atoms with Crippen molar-refractivity contribution in [2.45, 2.75) is 25.2 Å². The molecule has 1 aliphatic rings. The molecule has 0 heterocycles. The molecule has 0 amide bonds. The molecule has 1 nitrogen and oxygen atoms in total. The van der Waals surface area contributed by atoms with Gasteiger partial charge in [0.25, 0.3) is 0 Å². The number of fused-ring (bicyclic) bond motifs is 9. The van der Waals surface area contributed by atoms with Crippen LogP contribution in [0, 0.1) is 0 Å². The molecule has 0 N–H and O–H groups in total. The number of hydrogen-bond acceptors (Lipinski definition) is 1. The average Bonchev–Trinajstić information content (AvgIpc) is 3.22. The normalized spacial score (nSPS) is 14.7. The average molecular weight is 615 g/mol. The van der Waals surface area contributed by atoms with Crippen molar-refractivity contribution in [1.29, 1.82) is 0 Å². The third-order valence-electron chi connectivity index (χ3n) is 10.4. The van der Waals surface area contributed by atoms with E-state index in [4.69, 9.17) is 0 Å². The molecule has 48 heavy (non-hydrogen) atoms. The summed E-state index contributed by atoms with van der Waals surface area (Å²) in [6.07, 6.45) is 2.28. The van der Waals surface area contributed by atoms with Crippen LogP contribution in [-0.2, 0) is 6.42 Å². The highest BCUT2D eigenvalue weighted by atomic mass is 16.1. The van der Waals surface area contributed by atoms with Gasteiger partial charge in [0.2, 0.25) is 0 Å². The second-order valence-corrected chi connectivity index (χ2v) is 13.1. The molecular formula is C47H34O. The minimum absolute atomic E-state index is 0.0819. The SMILES string of the molecule is O=C1CC(c2cccc3c4ccc(-c5ccccc5)cc4c4ccccc4c23)CCc2ccc(-c3ccccc3)cc2-c2ccccc21. The van der Waals surface area contributed by atoms with Crippen LogP contribution in [0.25, 0.3) is 65.7 Å². The van der Waals surface area contributed by atoms with Crippen LogP contribution in [-0.4, -0.2) is 5.78 Å². The van der Waals surface area contributed by atoms with Crippen molar-refractivity contribution in [3.63, 3.8) is 0 Å². The smallest absolute Gasteiger partial charge is 0.164 e. The lowest BCUT2D eigenvalue weighted by Crippen LogP contribution is -2.09. The predicted molar refractivity (Wildman–Crippen MR) is 202 cm³/mol. The lowest BCUT2D eigenvalue weighted by molar-refractivity contribution is 0.0973. The molecule has 9 rings (SSSR count). The third-order valence-corrected chi connectivity index (χ3v) is 10.4. The number of Topliss-reactive ketones (excluding diaryl/α,β-unsaturated/α-hetero) is 1. The summed E-state index contributed by atoms with van der Waals surface area (Å²) in [5.74, 6) is 0.293. The number of carbonyl (C=O) groups excluding carboxylic acids is 1. The van der Waals surface area contributed by atoms with Crippen LogP contribution >= 0.6 is 0 Å². The number of aryl methyl sites for hydroxylation is 1. The molecule has 0 aliphatic heterocycles. The van der Waals surface area contributed by atoms with Gasteiger partial charge in [0.1, 0.15) is 0 Å². The van der Waals surface area contributed by atoms with Gasteiger partial charge in [-0.1, -0.05) is 152 Å². The van der Waals surface area contributed by atoms with E-state index < -0.39 is 0 Å². The maximum absolute atomic E-state index is 14.3. The van der Waals surface area contributed by atoms with Crippen LogP contribution in [0.1, 0.15) is 40.2 Å². The molecule has 0 bridgehead atoms. The van der Waals surface area contributed by atoms with Gasteiger partial charge in [-0.3, -0.25) is 4.79 Å². The van der Waals surface area contributed by atoms with Gasteiger partial charge in [0.05, 0.1) is 0 Å². The largest absolute Gasteiger partial charge is 0.294 e. The van der Waals surface area contributed by atoms with Crippen LogP contribution in [0.3, 0.4) is 0 Å². The molecule has 0 radical (unpaired) electrons. The zero-order valence-corrected chi connectivity index (χ0v) is 26.7. The molecular weight excluding hydrogens is 581 g/mol. The second kappa shape index (κ2) is 11.8. The van der Waals surface area contributed by atoms with Gasteiger partial charge < -0.3 is 0 Å². The molecule has 1 unspecified atom stereocenters. The quantitative estimate of drug-likeness (QED) is 0.181. The van der Waals surface area contributed by atoms with Crippen LogP contribution in [0.2, 0.25) is 0 Å². The molecule has 0 saturated carbocycles. The minimum atomic E-state index is 0.0819. The standard InChI is InChI=1S/C47H34O/c48-46-30-36(25-23-33-22-24-34(31-12-3-1-4-13-31)28-44(33)38-16-7-9-18-41(38)46)37-20-11-21-43-40-27-26-35(32-14-5-2-6-15-32)29-45(40)39-17-8-10-19-42(39)47(37)43/h1-22,24,26-29,36H,23,25,30H2. The Morgan fingerprint density at radius 1 is 0.417 bits per heavy atom. The predicted octanol–water partition coefficient (Wildman–Crippen LogP) is 12.4. The van der Waals surface area contributed by atoms with Crippen molar-refractivity contribution in [3.05, 3.63) is 180 Å². The fraction of sp³-hybridized carbons (Fsp3) is 0.0851. The van der Waals surface area contributed by atoms with Gasteiger partial charge in [-0.25, -0.2) is 0 Å². The Labute approximate surface area is 281 Å². The summed E-state index contributed by atoms with van der Waals surface area (Å²) in [5.41, 5.74) is 10.4. The van der Waals surface area contributed by atoms with Crippen LogP contribution < -0.4 is 0 Å². The van der Waals surface area contributed by atoms with E-state index in [-0.39, 0.29) is 11.7 Å². The molecule has 0 aromatic heterocycles. The van der Waals surface area contributed by atoms with Crippen molar-refractivity contribution in [1.82, 2.24) is 0 Å². The Morgan fingerprint density at radius 2 is 1.00 bits per heavy atom. The molecule has 8 aromatic carbocycles. The summed E-state index contributed by atoms with van der Waals surface area (Å²) in [6, 6.07) is 58.6. The summed E-state index contributed by atoms with van der Waals surface area (Å²) in [4.78, 5) is 14.3. The molecule has 1 atom stereocenters. The minimum Gasteiger partial charge on any atom is -0.294 e. The van der Waals surface area contributed by atoms with E-state index in [9.17, 15) is 4.79 Å². The summed E-state index contributed by atoms with van der Waals surface area (Å²) in [7, 11) is 0. The summed E-state index contributed by atoms with van der Waals surface area (Å²) >= 11 is 0. The number of rotatable bonds is 3. The highest BCUT2D eigenvalue weighted by molar-refractivity contribution is 6.26. The summed E-state index contributed by atoms with van der Waals surface area (Å²) in [6.45, 7) is 0. The number of carbonyl (C=O) groups is 1. The topological polar surface area (TPSA) is 17.1 Å². The molecule has 228 valence electrons. The zero-order chi connectivity index (χ0) is 32.0. The Kier molecular flexibility index (Phi) is 6.98. The highest BCUT2D eigenvalue weighted by Gasteiger charge is 2.26. The van der Waals surface area contributed by atoms with Crippen LogP contribution in [0.15, 0.2) is 164 Å². The van der Waals surface area contributed by atoms with Gasteiger partial charge in [0.15, 0.2) is 5.78 Å². The highest BCUT2D eigenvalue weighted by Crippen LogP contribution is 2.44. The van der Waals surface area contributed by atoms with E-state index in [0.717, 1.165) is 24.0 Å². The van der Waals surface area contributed by atoms with Gasteiger partial charge in [-0.05, 0) is 108 Å². The fourth-order valence-electron chi connectivity index (χ4n) is 8.03. The molecule has 0 fully saturated rings. The number of ketones is 1. The Bertz CT molecular complexity index is 2460. The van der Waals surface area contributed by atoms with Gasteiger partial charge >= 0.3 is 0 Å². The van der Waals surface area contributed by atoms with E-state index in [0.29, 0.717) is 6.42 Å². The molecule has 1 aliphatic carbocycles. The number of benzene rings is 8. The third kappa shape index (κ3) is 4.82. The lowest BCUT2D eigenvalue weighted by atomic mass is 9.82. The molecule has 8 aromatic rings. The van der Waals surface area contributed by atoms with Crippen molar-refractivity contribution in [2.24, 2.45) is 0 Å². The first-order valence-corrected chi connectivity index (χ1v) is 17.0. The van der Waals surface area contributed by atoms with E-state index in [1.165, 1.54) is 71.3 Å². The fourth-order valence-corrected chi connectivity index (χ4v) is 8.03. The first kappa shape index (κ1) is 28.4. The Morgan fingerprint density at radius 3 is 1.75 bits per heavy atom. The zero-order valence-electron chi connectivity index (χ0n) is 26.7. The van der Waals surface area contributed by atoms with Gasteiger partial charge in [0, 0.05) is 12.0 Å². The monoisotopic (exact) mass is 614 g/mol. The van der Waals surface area contributed by atoms with Crippen LogP contribution in [0.5, 0.6) is 0 Å². The first-order valence-electron chi connectivity index (χ1n) is 17.0. The van der Waals surface area contributed by atoms with Crippen molar-refractivity contribution < 1.29 is 4.79 Å². The summed E-state index contributed by atoms with van der Waals surface area (Å²) < 4.78 is 0. The first-order chi connectivity index (χ1) is 23.7. The van der Waals surface area contributed by atoms with E-state index in [1.807, 2.05) is 12.1 Å².